The van der Waals surface area contributed by atoms with E-state index >= 15 is 0 Å². The fraction of sp³-hybridized carbons (Fsp3) is 0.0667. The Hall–Kier alpha value is -2.11. The number of hydrogen-bond donors (Lipinski definition) is 2. The minimum absolute atomic E-state index is 0.242. The molecule has 0 aliphatic carbocycles. The second-order valence-corrected chi connectivity index (χ2v) is 5.09. The van der Waals surface area contributed by atoms with Crippen molar-refractivity contribution in [2.75, 3.05) is 12.4 Å². The van der Waals surface area contributed by atoms with Crippen molar-refractivity contribution in [3.63, 3.8) is 0 Å². The number of hydrogen-bond acceptors (Lipinski definition) is 3. The SMILES string of the molecule is COc1cc(NC(=O)c2ccc(C(N)=S)cc2)ccc1Cl. The summed E-state index contributed by atoms with van der Waals surface area (Å²) in [6.45, 7) is 0. The maximum Gasteiger partial charge on any atom is 0.255 e. The van der Waals surface area contributed by atoms with Gasteiger partial charge in [-0.2, -0.15) is 0 Å². The molecule has 2 rings (SSSR count). The first-order valence-corrected chi connectivity index (χ1v) is 6.84. The summed E-state index contributed by atoms with van der Waals surface area (Å²) in [5, 5.41) is 3.25. The third kappa shape index (κ3) is 3.71. The molecule has 0 atom stereocenters. The quantitative estimate of drug-likeness (QED) is 0.849. The lowest BCUT2D eigenvalue weighted by molar-refractivity contribution is 0.102. The Bertz CT molecular complexity index is 687. The molecule has 1 amide bonds. The Morgan fingerprint density at radius 3 is 2.38 bits per heavy atom. The summed E-state index contributed by atoms with van der Waals surface area (Å²) >= 11 is 10.8. The van der Waals surface area contributed by atoms with Crippen LogP contribution in [-0.2, 0) is 0 Å². The van der Waals surface area contributed by atoms with Gasteiger partial charge in [-0.1, -0.05) is 36.0 Å². The molecule has 0 saturated carbocycles. The lowest BCUT2D eigenvalue weighted by atomic mass is 10.1. The number of rotatable bonds is 4. The highest BCUT2D eigenvalue weighted by Gasteiger charge is 2.08. The average Bonchev–Trinajstić information content (AvgIpc) is 2.49. The van der Waals surface area contributed by atoms with Crippen LogP contribution in [-0.4, -0.2) is 18.0 Å². The molecule has 0 fully saturated rings. The van der Waals surface area contributed by atoms with Crippen LogP contribution in [0.15, 0.2) is 42.5 Å². The molecule has 3 N–H and O–H groups in total. The topological polar surface area (TPSA) is 64.3 Å². The van der Waals surface area contributed by atoms with Gasteiger partial charge < -0.3 is 15.8 Å². The molecule has 0 unspecified atom stereocenters. The number of amides is 1. The number of anilines is 1. The van der Waals surface area contributed by atoms with E-state index in [4.69, 9.17) is 34.3 Å². The molecule has 4 nitrogen and oxygen atoms in total. The van der Waals surface area contributed by atoms with Crippen molar-refractivity contribution in [3.05, 3.63) is 58.6 Å². The van der Waals surface area contributed by atoms with Gasteiger partial charge in [0, 0.05) is 22.9 Å². The smallest absolute Gasteiger partial charge is 0.255 e. The standard InChI is InChI=1S/C15H13ClN2O2S/c1-20-13-8-11(6-7-12(13)16)18-15(19)10-4-2-9(3-5-10)14(17)21/h2-8H,1H3,(H2,17,21)(H,18,19). The van der Waals surface area contributed by atoms with Crippen LogP contribution in [0.5, 0.6) is 5.75 Å². The minimum atomic E-state index is -0.242. The van der Waals surface area contributed by atoms with E-state index in [1.807, 2.05) is 0 Å². The highest BCUT2D eigenvalue weighted by molar-refractivity contribution is 7.80. The minimum Gasteiger partial charge on any atom is -0.495 e. The summed E-state index contributed by atoms with van der Waals surface area (Å²) in [5.41, 5.74) is 7.33. The molecule has 0 radical (unpaired) electrons. The Labute approximate surface area is 132 Å². The highest BCUT2D eigenvalue weighted by atomic mass is 35.5. The van der Waals surface area contributed by atoms with E-state index in [9.17, 15) is 4.79 Å². The first kappa shape index (κ1) is 15.3. The van der Waals surface area contributed by atoms with Crippen LogP contribution in [0.1, 0.15) is 15.9 Å². The monoisotopic (exact) mass is 320 g/mol. The number of carbonyl (C=O) groups is 1. The normalized spacial score (nSPS) is 10.0. The molecule has 6 heteroatoms. The second-order valence-electron chi connectivity index (χ2n) is 4.25. The van der Waals surface area contributed by atoms with Crippen molar-refractivity contribution >= 4 is 40.4 Å². The maximum atomic E-state index is 12.1. The third-order valence-electron chi connectivity index (χ3n) is 2.84. The van der Waals surface area contributed by atoms with Crippen molar-refractivity contribution in [1.82, 2.24) is 0 Å². The van der Waals surface area contributed by atoms with Gasteiger partial charge in [-0.3, -0.25) is 4.79 Å². The number of benzene rings is 2. The van der Waals surface area contributed by atoms with Gasteiger partial charge in [-0.15, -0.1) is 0 Å². The van der Waals surface area contributed by atoms with Gasteiger partial charge in [0.25, 0.3) is 5.91 Å². The Kier molecular flexibility index (Phi) is 4.77. The summed E-state index contributed by atoms with van der Waals surface area (Å²) < 4.78 is 5.10. The van der Waals surface area contributed by atoms with Crippen LogP contribution in [0, 0.1) is 0 Å². The summed E-state index contributed by atoms with van der Waals surface area (Å²) in [7, 11) is 1.52. The molecular formula is C15H13ClN2O2S. The molecule has 2 aromatic rings. The number of thiocarbonyl (C=S) groups is 1. The Morgan fingerprint density at radius 2 is 1.81 bits per heavy atom. The molecule has 0 aromatic heterocycles. The Morgan fingerprint density at radius 1 is 1.19 bits per heavy atom. The maximum absolute atomic E-state index is 12.1. The molecule has 0 bridgehead atoms. The van der Waals surface area contributed by atoms with Gasteiger partial charge in [0.15, 0.2) is 0 Å². The summed E-state index contributed by atoms with van der Waals surface area (Å²) in [4.78, 5) is 12.4. The average molecular weight is 321 g/mol. The van der Waals surface area contributed by atoms with Crippen LogP contribution < -0.4 is 15.8 Å². The number of ether oxygens (including phenoxy) is 1. The summed E-state index contributed by atoms with van der Waals surface area (Å²) in [5.74, 6) is 0.257. The third-order valence-corrected chi connectivity index (χ3v) is 3.39. The molecule has 0 heterocycles. The van der Waals surface area contributed by atoms with Crippen molar-refractivity contribution in [3.8, 4) is 5.75 Å². The molecule has 0 aliphatic rings. The molecule has 108 valence electrons. The van der Waals surface area contributed by atoms with E-state index in [1.54, 1.807) is 42.5 Å². The highest BCUT2D eigenvalue weighted by Crippen LogP contribution is 2.27. The van der Waals surface area contributed by atoms with E-state index < -0.39 is 0 Å². The number of halogens is 1. The fourth-order valence-corrected chi connectivity index (χ4v) is 2.06. The van der Waals surface area contributed by atoms with Crippen LogP contribution in [0.3, 0.4) is 0 Å². The van der Waals surface area contributed by atoms with Crippen LogP contribution in [0.2, 0.25) is 5.02 Å². The van der Waals surface area contributed by atoms with E-state index in [0.717, 1.165) is 5.56 Å². The van der Waals surface area contributed by atoms with Gasteiger partial charge in [0.05, 0.1) is 12.1 Å². The van der Waals surface area contributed by atoms with Crippen molar-refractivity contribution in [1.29, 1.82) is 0 Å². The molecule has 2 aromatic carbocycles. The van der Waals surface area contributed by atoms with Crippen molar-refractivity contribution in [2.45, 2.75) is 0 Å². The fourth-order valence-electron chi connectivity index (χ4n) is 1.73. The van der Waals surface area contributed by atoms with Crippen LogP contribution in [0.4, 0.5) is 5.69 Å². The second kappa shape index (κ2) is 6.56. The Balaban J connectivity index is 2.15. The number of methoxy groups -OCH3 is 1. The molecular weight excluding hydrogens is 308 g/mol. The molecule has 0 aliphatic heterocycles. The van der Waals surface area contributed by atoms with Crippen LogP contribution >= 0.6 is 23.8 Å². The number of nitrogens with two attached hydrogens (primary N) is 1. The van der Waals surface area contributed by atoms with Gasteiger partial charge >= 0.3 is 0 Å². The first-order chi connectivity index (χ1) is 10.0. The van der Waals surface area contributed by atoms with Gasteiger partial charge in [0.1, 0.15) is 10.7 Å². The van der Waals surface area contributed by atoms with Gasteiger partial charge in [-0.05, 0) is 24.3 Å². The zero-order valence-electron chi connectivity index (χ0n) is 11.2. The van der Waals surface area contributed by atoms with Crippen molar-refractivity contribution < 1.29 is 9.53 Å². The number of nitrogens with one attached hydrogen (secondary N) is 1. The van der Waals surface area contributed by atoms with E-state index in [1.165, 1.54) is 7.11 Å². The molecule has 0 spiro atoms. The predicted octanol–water partition coefficient (Wildman–Crippen LogP) is 3.24. The van der Waals surface area contributed by atoms with Gasteiger partial charge in [0.2, 0.25) is 0 Å². The summed E-state index contributed by atoms with van der Waals surface area (Å²) in [6.07, 6.45) is 0. The van der Waals surface area contributed by atoms with E-state index in [-0.39, 0.29) is 5.91 Å². The lowest BCUT2D eigenvalue weighted by Gasteiger charge is -2.09. The predicted molar refractivity (Wildman–Crippen MR) is 88.3 cm³/mol. The largest absolute Gasteiger partial charge is 0.495 e. The molecule has 0 saturated heterocycles. The zero-order valence-corrected chi connectivity index (χ0v) is 12.8. The summed E-state index contributed by atoms with van der Waals surface area (Å²) in [6, 6.07) is 11.8. The van der Waals surface area contributed by atoms with Gasteiger partial charge in [-0.25, -0.2) is 0 Å². The first-order valence-electron chi connectivity index (χ1n) is 6.06. The van der Waals surface area contributed by atoms with Crippen LogP contribution in [0.25, 0.3) is 0 Å². The van der Waals surface area contributed by atoms with Crippen molar-refractivity contribution in [2.24, 2.45) is 5.73 Å². The zero-order chi connectivity index (χ0) is 15.4. The molecule has 21 heavy (non-hydrogen) atoms. The lowest BCUT2D eigenvalue weighted by Crippen LogP contribution is -2.13. The van der Waals surface area contributed by atoms with E-state index in [0.29, 0.717) is 27.0 Å². The van der Waals surface area contributed by atoms with E-state index in [2.05, 4.69) is 5.32 Å². The number of carbonyl (C=O) groups excluding carboxylic acids is 1.